The van der Waals surface area contributed by atoms with Gasteiger partial charge >= 0.3 is 0 Å². The molecule has 1 aliphatic heterocycles. The van der Waals surface area contributed by atoms with Crippen molar-refractivity contribution in [1.29, 1.82) is 0 Å². The van der Waals surface area contributed by atoms with Gasteiger partial charge in [0.15, 0.2) is 9.84 Å². The van der Waals surface area contributed by atoms with Crippen molar-refractivity contribution in [3.63, 3.8) is 0 Å². The molecule has 104 valence electrons. The number of sulfone groups is 1. The first-order chi connectivity index (χ1) is 8.55. The van der Waals surface area contributed by atoms with Gasteiger partial charge in [-0.25, -0.2) is 13.9 Å². The Kier molecular flexibility index (Phi) is 4.91. The van der Waals surface area contributed by atoms with Crippen molar-refractivity contribution in [2.45, 2.75) is 43.5 Å². The Balaban J connectivity index is 1.60. The highest BCUT2D eigenvalue weighted by Gasteiger charge is 2.28. The van der Waals surface area contributed by atoms with Gasteiger partial charge in [0, 0.05) is 5.25 Å². The second kappa shape index (κ2) is 6.25. The number of carbonyl (C=O) groups is 1. The van der Waals surface area contributed by atoms with E-state index in [1.54, 1.807) is 0 Å². The fraction of sp³-hybridized carbons (Fsp3) is 0.909. The van der Waals surface area contributed by atoms with Crippen LogP contribution in [0.2, 0.25) is 0 Å². The van der Waals surface area contributed by atoms with E-state index in [2.05, 4.69) is 5.48 Å². The molecular weight excluding hydrogens is 274 g/mol. The third kappa shape index (κ3) is 4.44. The average molecular weight is 293 g/mol. The minimum Gasteiger partial charge on any atom is -0.272 e. The fourth-order valence-electron chi connectivity index (χ4n) is 2.27. The van der Waals surface area contributed by atoms with Crippen LogP contribution in [-0.4, -0.2) is 42.9 Å². The van der Waals surface area contributed by atoms with Crippen molar-refractivity contribution in [2.75, 3.05) is 17.3 Å². The zero-order valence-corrected chi connectivity index (χ0v) is 11.9. The third-order valence-corrected chi connectivity index (χ3v) is 6.56. The van der Waals surface area contributed by atoms with E-state index in [-0.39, 0.29) is 34.5 Å². The van der Waals surface area contributed by atoms with E-state index in [1.165, 1.54) is 11.8 Å². The average Bonchev–Trinajstić information content (AvgIpc) is 2.93. The summed E-state index contributed by atoms with van der Waals surface area (Å²) in [7, 11) is -2.85. The Morgan fingerprint density at radius 1 is 1.28 bits per heavy atom. The van der Waals surface area contributed by atoms with Crippen LogP contribution in [0.3, 0.4) is 0 Å². The topological polar surface area (TPSA) is 72.5 Å². The fourth-order valence-corrected chi connectivity index (χ4v) is 5.70. The predicted octanol–water partition coefficient (Wildman–Crippen LogP) is 0.897. The third-order valence-electron chi connectivity index (χ3n) is 3.28. The summed E-state index contributed by atoms with van der Waals surface area (Å²) < 4.78 is 22.5. The van der Waals surface area contributed by atoms with Crippen LogP contribution in [0.25, 0.3) is 0 Å². The number of carbonyl (C=O) groups excluding carboxylic acids is 1. The highest BCUT2D eigenvalue weighted by Crippen LogP contribution is 2.24. The summed E-state index contributed by atoms with van der Waals surface area (Å²) in [5.74, 6) is 0.558. The maximum atomic E-state index is 11.5. The number of nitrogens with one attached hydrogen (secondary N) is 1. The maximum Gasteiger partial charge on any atom is 0.253 e. The molecule has 2 aliphatic rings. The van der Waals surface area contributed by atoms with E-state index in [4.69, 9.17) is 4.84 Å². The molecule has 1 unspecified atom stereocenters. The SMILES string of the molecule is O=C(CSC1CCS(=O)(=O)C1)NOC1CCCC1. The van der Waals surface area contributed by atoms with Crippen molar-refractivity contribution in [3.05, 3.63) is 0 Å². The number of thioether (sulfide) groups is 1. The summed E-state index contributed by atoms with van der Waals surface area (Å²) in [6, 6.07) is 0. The first kappa shape index (κ1) is 14.1. The van der Waals surface area contributed by atoms with Gasteiger partial charge in [0.1, 0.15) is 0 Å². The van der Waals surface area contributed by atoms with Crippen LogP contribution in [0, 0.1) is 0 Å². The van der Waals surface area contributed by atoms with Crippen LogP contribution in [0.15, 0.2) is 0 Å². The molecule has 1 saturated carbocycles. The second-order valence-corrected chi connectivity index (χ2v) is 8.40. The monoisotopic (exact) mass is 293 g/mol. The van der Waals surface area contributed by atoms with Gasteiger partial charge in [-0.1, -0.05) is 12.8 Å². The van der Waals surface area contributed by atoms with Crippen LogP contribution < -0.4 is 5.48 Å². The van der Waals surface area contributed by atoms with E-state index in [9.17, 15) is 13.2 Å². The molecule has 18 heavy (non-hydrogen) atoms. The largest absolute Gasteiger partial charge is 0.272 e. The molecular formula is C11H19NO4S2. The van der Waals surface area contributed by atoms with Crippen molar-refractivity contribution < 1.29 is 18.0 Å². The molecule has 0 aromatic carbocycles. The summed E-state index contributed by atoms with van der Waals surface area (Å²) in [4.78, 5) is 16.8. The van der Waals surface area contributed by atoms with E-state index in [0.717, 1.165) is 25.7 Å². The summed E-state index contributed by atoms with van der Waals surface area (Å²) in [6.45, 7) is 0. The van der Waals surface area contributed by atoms with Crippen molar-refractivity contribution in [1.82, 2.24) is 5.48 Å². The molecule has 1 atom stereocenters. The van der Waals surface area contributed by atoms with E-state index < -0.39 is 9.84 Å². The molecule has 0 aromatic heterocycles. The lowest BCUT2D eigenvalue weighted by atomic mass is 10.3. The van der Waals surface area contributed by atoms with Crippen LogP contribution in [-0.2, 0) is 19.5 Å². The molecule has 5 nitrogen and oxygen atoms in total. The molecule has 1 saturated heterocycles. The van der Waals surface area contributed by atoms with E-state index >= 15 is 0 Å². The number of amides is 1. The van der Waals surface area contributed by atoms with Gasteiger partial charge in [-0.2, -0.15) is 0 Å². The Hall–Kier alpha value is -0.270. The van der Waals surface area contributed by atoms with Crippen LogP contribution in [0.1, 0.15) is 32.1 Å². The zero-order chi connectivity index (χ0) is 13.0. The summed E-state index contributed by atoms with van der Waals surface area (Å²) >= 11 is 1.41. The smallest absolute Gasteiger partial charge is 0.253 e. The number of hydroxylamine groups is 1. The quantitative estimate of drug-likeness (QED) is 0.762. The molecule has 1 heterocycles. The highest BCUT2D eigenvalue weighted by molar-refractivity contribution is 8.02. The Labute approximate surface area is 112 Å². The predicted molar refractivity (Wildman–Crippen MR) is 71.0 cm³/mol. The Morgan fingerprint density at radius 2 is 2.00 bits per heavy atom. The lowest BCUT2D eigenvalue weighted by molar-refractivity contribution is -0.135. The van der Waals surface area contributed by atoms with Gasteiger partial charge < -0.3 is 0 Å². The van der Waals surface area contributed by atoms with E-state index in [1.807, 2.05) is 0 Å². The first-order valence-electron chi connectivity index (χ1n) is 6.32. The minimum atomic E-state index is -2.85. The number of rotatable bonds is 5. The van der Waals surface area contributed by atoms with Gasteiger partial charge in [-0.3, -0.25) is 9.63 Å². The molecule has 0 radical (unpaired) electrons. The summed E-state index contributed by atoms with van der Waals surface area (Å²) in [5, 5.41) is 0.0623. The van der Waals surface area contributed by atoms with E-state index in [0.29, 0.717) is 6.42 Å². The first-order valence-corrected chi connectivity index (χ1v) is 9.19. The molecule has 1 N–H and O–H groups in total. The lowest BCUT2D eigenvalue weighted by Crippen LogP contribution is -2.30. The minimum absolute atomic E-state index is 0.0623. The molecule has 7 heteroatoms. The molecule has 0 spiro atoms. The van der Waals surface area contributed by atoms with Gasteiger partial charge in [0.05, 0.1) is 23.4 Å². The van der Waals surface area contributed by atoms with Gasteiger partial charge in [0.2, 0.25) is 0 Å². The zero-order valence-electron chi connectivity index (χ0n) is 10.3. The molecule has 1 aliphatic carbocycles. The number of hydrogen-bond acceptors (Lipinski definition) is 5. The molecule has 0 bridgehead atoms. The standard InChI is InChI=1S/C11H19NO4S2/c13-11(12-16-9-3-1-2-4-9)7-17-10-5-6-18(14,15)8-10/h9-10H,1-8H2,(H,12,13). The van der Waals surface area contributed by atoms with Crippen LogP contribution in [0.5, 0.6) is 0 Å². The van der Waals surface area contributed by atoms with Gasteiger partial charge in [-0.15, -0.1) is 11.8 Å². The molecule has 2 rings (SSSR count). The second-order valence-electron chi connectivity index (χ2n) is 4.89. The number of hydrogen-bond donors (Lipinski definition) is 1. The molecule has 0 aromatic rings. The van der Waals surface area contributed by atoms with Crippen molar-refractivity contribution in [3.8, 4) is 0 Å². The van der Waals surface area contributed by atoms with Gasteiger partial charge in [0.25, 0.3) is 5.91 Å². The Morgan fingerprint density at radius 3 is 2.61 bits per heavy atom. The lowest BCUT2D eigenvalue weighted by Gasteiger charge is -2.12. The summed E-state index contributed by atoms with van der Waals surface area (Å²) in [5.41, 5.74) is 2.46. The Bertz CT molecular complexity index is 390. The molecule has 1 amide bonds. The molecule has 2 fully saturated rings. The normalized spacial score (nSPS) is 27.4. The van der Waals surface area contributed by atoms with Crippen molar-refractivity contribution >= 4 is 27.5 Å². The van der Waals surface area contributed by atoms with Gasteiger partial charge in [-0.05, 0) is 19.3 Å². The van der Waals surface area contributed by atoms with Crippen LogP contribution in [0.4, 0.5) is 0 Å². The maximum absolute atomic E-state index is 11.5. The van der Waals surface area contributed by atoms with Crippen LogP contribution >= 0.6 is 11.8 Å². The van der Waals surface area contributed by atoms with Crippen molar-refractivity contribution in [2.24, 2.45) is 0 Å². The summed E-state index contributed by atoms with van der Waals surface area (Å²) in [6.07, 6.45) is 5.15. The highest BCUT2D eigenvalue weighted by atomic mass is 32.2.